The zero-order valence-corrected chi connectivity index (χ0v) is 17.3. The highest BCUT2D eigenvalue weighted by atomic mass is 127. The van der Waals surface area contributed by atoms with E-state index in [0.29, 0.717) is 10.6 Å². The van der Waals surface area contributed by atoms with Gasteiger partial charge in [0.2, 0.25) is 0 Å². The summed E-state index contributed by atoms with van der Waals surface area (Å²) in [7, 11) is 0. The minimum absolute atomic E-state index is 0.306. The van der Waals surface area contributed by atoms with Crippen LogP contribution in [0.25, 0.3) is 6.08 Å². The molecule has 1 atom stereocenters. The Balaban J connectivity index is 0.000000224. The van der Waals surface area contributed by atoms with Crippen molar-refractivity contribution in [1.82, 2.24) is 0 Å². The van der Waals surface area contributed by atoms with Crippen LogP contribution >= 0.6 is 68.4 Å². The molecule has 0 bridgehead atoms. The van der Waals surface area contributed by atoms with Gasteiger partial charge in [0.25, 0.3) is 0 Å². The van der Waals surface area contributed by atoms with Crippen molar-refractivity contribution in [2.45, 2.75) is 6.10 Å². The second-order valence-corrected chi connectivity index (χ2v) is 7.54. The molecule has 2 N–H and O–H groups in total. The van der Waals surface area contributed by atoms with E-state index in [-0.39, 0.29) is 6.61 Å². The fourth-order valence-electron chi connectivity index (χ4n) is 1.54. The number of hydrogen-bond donors (Lipinski definition) is 2. The van der Waals surface area contributed by atoms with Gasteiger partial charge in [-0.3, -0.25) is 0 Å². The molecule has 2 aromatic carbocycles. The number of aliphatic hydroxyl groups is 2. The van der Waals surface area contributed by atoms with Crippen LogP contribution in [0.5, 0.6) is 0 Å². The lowest BCUT2D eigenvalue weighted by Crippen LogP contribution is -2.03. The van der Waals surface area contributed by atoms with Crippen molar-refractivity contribution in [2.75, 3.05) is 6.61 Å². The van der Waals surface area contributed by atoms with Gasteiger partial charge in [-0.25, -0.2) is 0 Å². The summed E-state index contributed by atoms with van der Waals surface area (Å²) in [6, 6.07) is 11.1. The molecule has 2 rings (SSSR count). The van der Waals surface area contributed by atoms with Crippen LogP contribution in [0, 0.1) is 7.14 Å². The van der Waals surface area contributed by atoms with Gasteiger partial charge in [0.1, 0.15) is 6.10 Å². The lowest BCUT2D eigenvalue weighted by molar-refractivity contribution is 0.0956. The van der Waals surface area contributed by atoms with Crippen molar-refractivity contribution in [1.29, 1.82) is 0 Å². The number of aliphatic hydroxyl groups excluding tert-OH is 2. The van der Waals surface area contributed by atoms with E-state index in [4.69, 9.17) is 28.3 Å². The van der Waals surface area contributed by atoms with E-state index in [1.807, 2.05) is 24.3 Å². The van der Waals surface area contributed by atoms with Crippen molar-refractivity contribution in [2.24, 2.45) is 0 Å². The molecule has 0 saturated heterocycles. The molecule has 0 radical (unpaired) electrons. The van der Waals surface area contributed by atoms with Crippen LogP contribution in [0.3, 0.4) is 0 Å². The van der Waals surface area contributed by atoms with Crippen LogP contribution < -0.4 is 0 Å². The van der Waals surface area contributed by atoms with Gasteiger partial charge in [0, 0.05) is 22.7 Å². The molecule has 2 nitrogen and oxygen atoms in total. The molecule has 22 heavy (non-hydrogen) atoms. The van der Waals surface area contributed by atoms with E-state index in [0.717, 1.165) is 14.2 Å². The van der Waals surface area contributed by atoms with Crippen molar-refractivity contribution >= 4 is 74.5 Å². The van der Waals surface area contributed by atoms with Gasteiger partial charge in [0.05, 0.1) is 6.61 Å². The number of rotatable bonds is 3. The summed E-state index contributed by atoms with van der Waals surface area (Å²) in [6.07, 6.45) is 0.872. The zero-order valence-electron chi connectivity index (χ0n) is 11.4. The highest BCUT2D eigenvalue weighted by Gasteiger charge is 2.10. The second kappa shape index (κ2) is 10.1. The van der Waals surface area contributed by atoms with Gasteiger partial charge in [-0.15, -0.1) is 0 Å². The van der Waals surface area contributed by atoms with Crippen LogP contribution in [-0.4, -0.2) is 16.8 Å². The Morgan fingerprint density at radius 2 is 1.59 bits per heavy atom. The molecule has 0 amide bonds. The standard InChI is InChI=1S/C8H8ClIO2.C8H6ClI/c9-7-2-1-5(10)3-6(7)8(12)4-11;1-2-6-5-7(10)3-4-8(6)9/h1-3,8,11-12H,4H2;2-5H,1H2/t8-;/m1./s1. The molecule has 0 aliphatic carbocycles. The molecule has 0 aromatic heterocycles. The Bertz CT molecular complexity index is 648. The van der Waals surface area contributed by atoms with Crippen molar-refractivity contribution in [3.63, 3.8) is 0 Å². The third-order valence-electron chi connectivity index (χ3n) is 2.67. The molecule has 0 heterocycles. The summed E-state index contributed by atoms with van der Waals surface area (Å²) >= 11 is 16.0. The molecular weight excluding hydrogens is 549 g/mol. The SMILES string of the molecule is C=Cc1cc(I)ccc1Cl.OC[C@@H](O)c1cc(I)ccc1Cl. The van der Waals surface area contributed by atoms with Gasteiger partial charge >= 0.3 is 0 Å². The maximum Gasteiger partial charge on any atom is 0.103 e. The van der Waals surface area contributed by atoms with Gasteiger partial charge in [-0.2, -0.15) is 0 Å². The third-order valence-corrected chi connectivity index (χ3v) is 4.70. The summed E-state index contributed by atoms with van der Waals surface area (Å²) in [5, 5.41) is 19.2. The average molecular weight is 563 g/mol. The predicted molar refractivity (Wildman–Crippen MR) is 110 cm³/mol. The van der Waals surface area contributed by atoms with Gasteiger partial charge < -0.3 is 10.2 Å². The Morgan fingerprint density at radius 3 is 2.09 bits per heavy atom. The summed E-state index contributed by atoms with van der Waals surface area (Å²) in [4.78, 5) is 0. The number of benzene rings is 2. The summed E-state index contributed by atoms with van der Waals surface area (Å²) < 4.78 is 2.16. The minimum atomic E-state index is -0.882. The Morgan fingerprint density at radius 1 is 1.05 bits per heavy atom. The molecule has 0 unspecified atom stereocenters. The van der Waals surface area contributed by atoms with Crippen LogP contribution in [0.15, 0.2) is 43.0 Å². The average Bonchev–Trinajstić information content (AvgIpc) is 2.52. The monoisotopic (exact) mass is 562 g/mol. The maximum absolute atomic E-state index is 9.30. The first-order valence-corrected chi connectivity index (χ1v) is 9.11. The van der Waals surface area contributed by atoms with Crippen molar-refractivity contribution in [3.8, 4) is 0 Å². The normalized spacial score (nSPS) is 11.4. The topological polar surface area (TPSA) is 40.5 Å². The highest BCUT2D eigenvalue weighted by molar-refractivity contribution is 14.1. The highest BCUT2D eigenvalue weighted by Crippen LogP contribution is 2.24. The second-order valence-electron chi connectivity index (χ2n) is 4.23. The van der Waals surface area contributed by atoms with E-state index in [2.05, 4.69) is 51.8 Å². The van der Waals surface area contributed by atoms with Crippen LogP contribution in [0.1, 0.15) is 17.2 Å². The summed E-state index contributed by atoms with van der Waals surface area (Å²) in [5.74, 6) is 0. The van der Waals surface area contributed by atoms with E-state index in [1.54, 1.807) is 18.2 Å². The summed E-state index contributed by atoms with van der Waals surface area (Å²) in [6.45, 7) is 3.34. The van der Waals surface area contributed by atoms with Crippen molar-refractivity contribution < 1.29 is 10.2 Å². The smallest absolute Gasteiger partial charge is 0.103 e. The number of hydrogen-bond acceptors (Lipinski definition) is 2. The van der Waals surface area contributed by atoms with Crippen molar-refractivity contribution in [3.05, 3.63) is 71.3 Å². The van der Waals surface area contributed by atoms with Crippen LogP contribution in [0.2, 0.25) is 10.0 Å². The molecule has 0 saturated carbocycles. The predicted octanol–water partition coefficient (Wildman–Crippen LogP) is 5.56. The minimum Gasteiger partial charge on any atom is -0.393 e. The van der Waals surface area contributed by atoms with Gasteiger partial charge in [0.15, 0.2) is 0 Å². The Kier molecular flexibility index (Phi) is 9.27. The molecule has 0 spiro atoms. The van der Waals surface area contributed by atoms with E-state index in [1.165, 1.54) is 3.57 Å². The largest absolute Gasteiger partial charge is 0.393 e. The molecule has 2 aromatic rings. The van der Waals surface area contributed by atoms with E-state index < -0.39 is 6.10 Å². The van der Waals surface area contributed by atoms with Crippen LogP contribution in [-0.2, 0) is 0 Å². The molecule has 118 valence electrons. The zero-order chi connectivity index (χ0) is 16.7. The molecule has 0 fully saturated rings. The summed E-state index contributed by atoms with van der Waals surface area (Å²) in [5.41, 5.74) is 1.57. The van der Waals surface area contributed by atoms with Gasteiger partial charge in [-0.1, -0.05) is 35.9 Å². The fraction of sp³-hybridized carbons (Fsp3) is 0.125. The molecule has 0 aliphatic heterocycles. The molecule has 0 aliphatic rings. The van der Waals surface area contributed by atoms with E-state index in [9.17, 15) is 5.11 Å². The Labute approximate surface area is 167 Å². The lowest BCUT2D eigenvalue weighted by Gasteiger charge is -2.09. The lowest BCUT2D eigenvalue weighted by atomic mass is 10.1. The molecular formula is C16H14Cl2I2O2. The van der Waals surface area contributed by atoms with Crippen LogP contribution in [0.4, 0.5) is 0 Å². The Hall–Kier alpha value is 0.140. The third kappa shape index (κ3) is 6.33. The fourth-order valence-corrected chi connectivity index (χ4v) is 3.01. The first-order chi connectivity index (χ1) is 10.4. The molecule has 6 heteroatoms. The first-order valence-electron chi connectivity index (χ1n) is 6.20. The maximum atomic E-state index is 9.30. The van der Waals surface area contributed by atoms with Gasteiger partial charge in [-0.05, 0) is 87.1 Å². The quantitative estimate of drug-likeness (QED) is 0.481. The first kappa shape index (κ1) is 20.2. The van der Waals surface area contributed by atoms with E-state index >= 15 is 0 Å². The number of halogens is 4.